The van der Waals surface area contributed by atoms with Crippen LogP contribution >= 0.6 is 11.3 Å². The number of benzene rings is 1. The molecule has 1 aromatic carbocycles. The molecule has 1 heterocycles. The molecule has 0 aliphatic rings. The minimum Gasteiger partial charge on any atom is -0.330 e. The lowest BCUT2D eigenvalue weighted by Gasteiger charge is -2.07. The predicted octanol–water partition coefficient (Wildman–Crippen LogP) is 2.68. The zero-order valence-electron chi connectivity index (χ0n) is 8.57. The first kappa shape index (κ1) is 10.3. The molecule has 2 aromatic rings. The second kappa shape index (κ2) is 4.13. The van der Waals surface area contributed by atoms with E-state index in [1.165, 1.54) is 0 Å². The van der Waals surface area contributed by atoms with Crippen molar-refractivity contribution in [1.82, 2.24) is 0 Å². The number of nitrogens with two attached hydrogens (primary N) is 1. The van der Waals surface area contributed by atoms with Gasteiger partial charge in [0.25, 0.3) is 0 Å². The van der Waals surface area contributed by atoms with Crippen LogP contribution in [0.4, 0.5) is 0 Å². The fourth-order valence-electron chi connectivity index (χ4n) is 1.56. The van der Waals surface area contributed by atoms with Crippen LogP contribution in [0.1, 0.15) is 17.3 Å². The average Bonchev–Trinajstić information content (AvgIpc) is 2.74. The molecule has 2 nitrogen and oxygen atoms in total. The van der Waals surface area contributed by atoms with Gasteiger partial charge in [-0.15, -0.1) is 11.3 Å². The van der Waals surface area contributed by atoms with Gasteiger partial charge in [-0.25, -0.2) is 0 Å². The highest BCUT2D eigenvalue weighted by molar-refractivity contribution is 7.17. The first-order chi connectivity index (χ1) is 7.24. The number of carbonyl (C=O) groups is 1. The van der Waals surface area contributed by atoms with Crippen molar-refractivity contribution >= 4 is 27.2 Å². The molecule has 0 aliphatic heterocycles. The maximum Gasteiger partial charge on any atom is 0.168 e. The van der Waals surface area contributed by atoms with Gasteiger partial charge in [-0.1, -0.05) is 19.1 Å². The van der Waals surface area contributed by atoms with Crippen LogP contribution in [0.2, 0.25) is 0 Å². The number of rotatable bonds is 3. The molecule has 0 spiro atoms. The monoisotopic (exact) mass is 219 g/mol. The van der Waals surface area contributed by atoms with Crippen LogP contribution in [0.3, 0.4) is 0 Å². The lowest BCUT2D eigenvalue weighted by molar-refractivity contribution is 0.0936. The maximum atomic E-state index is 12.0. The van der Waals surface area contributed by atoms with Crippen LogP contribution < -0.4 is 5.73 Å². The van der Waals surface area contributed by atoms with Crippen molar-refractivity contribution in [2.75, 3.05) is 6.54 Å². The standard InChI is InChI=1S/C12H13NOS/c1-8(7-13)11(14)10-4-2-3-9-5-6-15-12(9)10/h2-6,8H,7,13H2,1H3. The highest BCUT2D eigenvalue weighted by Crippen LogP contribution is 2.26. The van der Waals surface area contributed by atoms with Crippen LogP contribution in [0.25, 0.3) is 10.1 Å². The molecule has 3 heteroatoms. The van der Waals surface area contributed by atoms with Crippen LogP contribution in [0.5, 0.6) is 0 Å². The number of thiophene rings is 1. The van der Waals surface area contributed by atoms with Crippen LogP contribution in [0, 0.1) is 5.92 Å². The Balaban J connectivity index is 2.51. The van der Waals surface area contributed by atoms with E-state index < -0.39 is 0 Å². The van der Waals surface area contributed by atoms with Crippen molar-refractivity contribution in [3.05, 3.63) is 35.2 Å². The molecule has 0 fully saturated rings. The number of ketones is 1. The Hall–Kier alpha value is -1.19. The number of fused-ring (bicyclic) bond motifs is 1. The third kappa shape index (κ3) is 1.80. The molecule has 0 saturated carbocycles. The Morgan fingerprint density at radius 1 is 1.47 bits per heavy atom. The highest BCUT2D eigenvalue weighted by Gasteiger charge is 2.16. The third-order valence-electron chi connectivity index (χ3n) is 2.55. The summed E-state index contributed by atoms with van der Waals surface area (Å²) in [7, 11) is 0. The quantitative estimate of drug-likeness (QED) is 0.806. The number of Topliss-reactive ketones (excluding diaryl/α,β-unsaturated/α-hetero) is 1. The summed E-state index contributed by atoms with van der Waals surface area (Å²) in [6.45, 7) is 2.27. The van der Waals surface area contributed by atoms with E-state index in [1.54, 1.807) is 11.3 Å². The Morgan fingerprint density at radius 2 is 2.27 bits per heavy atom. The van der Waals surface area contributed by atoms with Gasteiger partial charge in [0, 0.05) is 22.7 Å². The van der Waals surface area contributed by atoms with Gasteiger partial charge in [0.2, 0.25) is 0 Å². The van der Waals surface area contributed by atoms with E-state index in [1.807, 2.05) is 36.6 Å². The Kier molecular flexibility index (Phi) is 2.84. The molecule has 2 N–H and O–H groups in total. The van der Waals surface area contributed by atoms with E-state index in [9.17, 15) is 4.79 Å². The summed E-state index contributed by atoms with van der Waals surface area (Å²) in [5.41, 5.74) is 6.32. The van der Waals surface area contributed by atoms with Crippen molar-refractivity contribution in [1.29, 1.82) is 0 Å². The Bertz CT molecular complexity index is 489. The molecule has 0 saturated heterocycles. The predicted molar refractivity (Wildman–Crippen MR) is 64.4 cm³/mol. The summed E-state index contributed by atoms with van der Waals surface area (Å²) in [6.07, 6.45) is 0. The molecule has 0 amide bonds. The van der Waals surface area contributed by atoms with E-state index in [2.05, 4.69) is 0 Å². The molecule has 78 valence electrons. The maximum absolute atomic E-state index is 12.0. The van der Waals surface area contributed by atoms with E-state index >= 15 is 0 Å². The van der Waals surface area contributed by atoms with E-state index in [0.717, 1.165) is 15.6 Å². The normalized spacial score (nSPS) is 12.9. The Labute approximate surface area is 92.7 Å². The van der Waals surface area contributed by atoms with E-state index in [0.29, 0.717) is 6.54 Å². The first-order valence-electron chi connectivity index (χ1n) is 4.94. The summed E-state index contributed by atoms with van der Waals surface area (Å²) in [6, 6.07) is 7.86. The molecule has 1 unspecified atom stereocenters. The minimum absolute atomic E-state index is 0.0994. The van der Waals surface area contributed by atoms with Crippen molar-refractivity contribution in [2.45, 2.75) is 6.92 Å². The van der Waals surface area contributed by atoms with Crippen molar-refractivity contribution in [3.8, 4) is 0 Å². The second-order valence-corrected chi connectivity index (χ2v) is 4.56. The van der Waals surface area contributed by atoms with Crippen molar-refractivity contribution < 1.29 is 4.79 Å². The van der Waals surface area contributed by atoms with Crippen LogP contribution in [-0.4, -0.2) is 12.3 Å². The van der Waals surface area contributed by atoms with Gasteiger partial charge in [0.15, 0.2) is 5.78 Å². The molecule has 1 atom stereocenters. The lowest BCUT2D eigenvalue weighted by atomic mass is 9.99. The lowest BCUT2D eigenvalue weighted by Crippen LogP contribution is -2.20. The highest BCUT2D eigenvalue weighted by atomic mass is 32.1. The van der Waals surface area contributed by atoms with Crippen molar-refractivity contribution in [3.63, 3.8) is 0 Å². The second-order valence-electron chi connectivity index (χ2n) is 3.65. The molecular formula is C12H13NOS. The smallest absolute Gasteiger partial charge is 0.168 e. The van der Waals surface area contributed by atoms with Gasteiger partial charge in [-0.05, 0) is 22.9 Å². The molecule has 15 heavy (non-hydrogen) atoms. The van der Waals surface area contributed by atoms with Gasteiger partial charge in [-0.3, -0.25) is 4.79 Å². The first-order valence-corrected chi connectivity index (χ1v) is 5.82. The summed E-state index contributed by atoms with van der Waals surface area (Å²) in [5, 5.41) is 3.14. The van der Waals surface area contributed by atoms with Gasteiger partial charge >= 0.3 is 0 Å². The third-order valence-corrected chi connectivity index (χ3v) is 3.51. The Morgan fingerprint density at radius 3 is 3.00 bits per heavy atom. The summed E-state index contributed by atoms with van der Waals surface area (Å²) in [4.78, 5) is 12.0. The van der Waals surface area contributed by atoms with Crippen LogP contribution in [0.15, 0.2) is 29.6 Å². The molecule has 0 aliphatic carbocycles. The molecule has 2 rings (SSSR count). The zero-order chi connectivity index (χ0) is 10.8. The number of carbonyl (C=O) groups excluding carboxylic acids is 1. The summed E-state index contributed by atoms with van der Waals surface area (Å²) in [5.74, 6) is 0.0447. The van der Waals surface area contributed by atoms with E-state index in [-0.39, 0.29) is 11.7 Å². The number of hydrogen-bond donors (Lipinski definition) is 1. The molecule has 1 aromatic heterocycles. The van der Waals surface area contributed by atoms with Gasteiger partial charge in [0.1, 0.15) is 0 Å². The van der Waals surface area contributed by atoms with Gasteiger partial charge in [0.05, 0.1) is 0 Å². The summed E-state index contributed by atoms with van der Waals surface area (Å²) < 4.78 is 1.07. The fraction of sp³-hybridized carbons (Fsp3) is 0.250. The van der Waals surface area contributed by atoms with Crippen LogP contribution in [-0.2, 0) is 0 Å². The minimum atomic E-state index is -0.0994. The van der Waals surface area contributed by atoms with Gasteiger partial charge in [-0.2, -0.15) is 0 Å². The molecule has 0 bridgehead atoms. The zero-order valence-corrected chi connectivity index (χ0v) is 9.38. The summed E-state index contributed by atoms with van der Waals surface area (Å²) >= 11 is 1.61. The topological polar surface area (TPSA) is 43.1 Å². The average molecular weight is 219 g/mol. The molecular weight excluding hydrogens is 206 g/mol. The van der Waals surface area contributed by atoms with Gasteiger partial charge < -0.3 is 5.73 Å². The van der Waals surface area contributed by atoms with Crippen molar-refractivity contribution in [2.24, 2.45) is 11.7 Å². The van der Waals surface area contributed by atoms with E-state index in [4.69, 9.17) is 5.73 Å². The fourth-order valence-corrected chi connectivity index (χ4v) is 2.48. The number of hydrogen-bond acceptors (Lipinski definition) is 3. The largest absolute Gasteiger partial charge is 0.330 e. The SMILES string of the molecule is CC(CN)C(=O)c1cccc2ccsc12. The molecule has 0 radical (unpaired) electrons.